The second-order valence-electron chi connectivity index (χ2n) is 3.96. The van der Waals surface area contributed by atoms with Gasteiger partial charge in [-0.1, -0.05) is 0 Å². The molecule has 2 rings (SSSR count). The number of ether oxygens (including phenoxy) is 1. The maximum absolute atomic E-state index is 11.6. The van der Waals surface area contributed by atoms with Gasteiger partial charge in [-0.15, -0.1) is 0 Å². The van der Waals surface area contributed by atoms with E-state index in [1.165, 1.54) is 0 Å². The van der Waals surface area contributed by atoms with Crippen molar-refractivity contribution < 1.29 is 19.4 Å². The van der Waals surface area contributed by atoms with Gasteiger partial charge in [0, 0.05) is 0 Å². The molecule has 21 heavy (non-hydrogen) atoms. The smallest absolute Gasteiger partial charge is 0.341 e. The number of hydrogen-bond acceptors (Lipinski definition) is 4. The number of halogens is 2. The van der Waals surface area contributed by atoms with Crippen molar-refractivity contribution in [3.63, 3.8) is 0 Å². The third-order valence-electron chi connectivity index (χ3n) is 2.39. The van der Waals surface area contributed by atoms with Gasteiger partial charge in [0.25, 0.3) is 5.91 Å². The summed E-state index contributed by atoms with van der Waals surface area (Å²) in [6.45, 7) is -0.398. The number of amides is 1. The van der Waals surface area contributed by atoms with Gasteiger partial charge in [-0.05, 0) is 81.2 Å². The lowest BCUT2D eigenvalue weighted by atomic mass is 10.2. The molecule has 0 saturated carbocycles. The molecule has 0 bridgehead atoms. The minimum Gasteiger partial charge on any atom is -0.480 e. The molecule has 1 heterocycles. The van der Waals surface area contributed by atoms with Crippen LogP contribution >= 0.6 is 57.4 Å². The third kappa shape index (κ3) is 4.26. The van der Waals surface area contributed by atoms with E-state index >= 15 is 0 Å². The van der Waals surface area contributed by atoms with Gasteiger partial charge in [-0.25, -0.2) is 4.79 Å². The predicted octanol–water partition coefficient (Wildman–Crippen LogP) is 1.70. The van der Waals surface area contributed by atoms with Crippen LogP contribution in [0.15, 0.2) is 17.8 Å². The van der Waals surface area contributed by atoms with Crippen molar-refractivity contribution in [1.29, 1.82) is 0 Å². The fraction of sp³-hybridized carbons (Fsp3) is 0.0833. The molecule has 1 fully saturated rings. The minimum atomic E-state index is -1.03. The Kier molecular flexibility index (Phi) is 5.37. The first-order valence-electron chi connectivity index (χ1n) is 5.54. The summed E-state index contributed by atoms with van der Waals surface area (Å²) in [6, 6.07) is 3.59. The Hall–Kier alpha value is -0.950. The average molecular weight is 530 g/mol. The van der Waals surface area contributed by atoms with Crippen LogP contribution in [0.1, 0.15) is 5.56 Å². The summed E-state index contributed by atoms with van der Waals surface area (Å²) >= 11 is 8.97. The van der Waals surface area contributed by atoms with Gasteiger partial charge < -0.3 is 15.2 Å². The Morgan fingerprint density at radius 3 is 2.43 bits per heavy atom. The normalized spacial score (nSPS) is 15.8. The molecule has 1 aliphatic rings. The summed E-state index contributed by atoms with van der Waals surface area (Å²) in [7, 11) is 0. The summed E-state index contributed by atoms with van der Waals surface area (Å²) < 4.78 is 6.76. The van der Waals surface area contributed by atoms with Crippen LogP contribution in [-0.2, 0) is 9.59 Å². The number of rotatable bonds is 4. The highest BCUT2D eigenvalue weighted by Crippen LogP contribution is 2.29. The molecule has 1 amide bonds. The lowest BCUT2D eigenvalue weighted by Crippen LogP contribution is -2.21. The highest BCUT2D eigenvalue weighted by atomic mass is 127. The van der Waals surface area contributed by atoms with Crippen molar-refractivity contribution >= 4 is 80.5 Å². The van der Waals surface area contributed by atoms with E-state index in [1.54, 1.807) is 18.2 Å². The second kappa shape index (κ2) is 6.87. The largest absolute Gasteiger partial charge is 0.480 e. The summed E-state index contributed by atoms with van der Waals surface area (Å²) in [6.07, 6.45) is 1.67. The molecule has 6 nitrogen and oxygen atoms in total. The van der Waals surface area contributed by atoms with E-state index < -0.39 is 12.6 Å². The molecule has 1 aromatic rings. The fourth-order valence-electron chi connectivity index (χ4n) is 1.58. The van der Waals surface area contributed by atoms with Crippen molar-refractivity contribution in [1.82, 2.24) is 10.6 Å². The Balaban J connectivity index is 2.27. The van der Waals surface area contributed by atoms with E-state index in [0.29, 0.717) is 11.4 Å². The molecule has 3 N–H and O–H groups in total. The van der Waals surface area contributed by atoms with Crippen molar-refractivity contribution in [2.24, 2.45) is 0 Å². The zero-order valence-corrected chi connectivity index (χ0v) is 15.4. The molecule has 1 saturated heterocycles. The highest BCUT2D eigenvalue weighted by molar-refractivity contribution is 14.1. The summed E-state index contributed by atoms with van der Waals surface area (Å²) in [5.41, 5.74) is 1.15. The predicted molar refractivity (Wildman–Crippen MR) is 96.9 cm³/mol. The molecule has 1 aliphatic heterocycles. The fourth-order valence-corrected chi connectivity index (χ4v) is 3.91. The molecular weight excluding hydrogens is 522 g/mol. The maximum atomic E-state index is 11.6. The Bertz CT molecular complexity index is 652. The number of carbonyl (C=O) groups excluding carboxylic acids is 1. The van der Waals surface area contributed by atoms with E-state index in [0.717, 1.165) is 12.7 Å². The number of carboxylic acid groups (broad SMARTS) is 1. The van der Waals surface area contributed by atoms with Crippen molar-refractivity contribution in [3.8, 4) is 5.75 Å². The van der Waals surface area contributed by atoms with Crippen LogP contribution < -0.4 is 15.4 Å². The lowest BCUT2D eigenvalue weighted by molar-refractivity contribution is -0.139. The van der Waals surface area contributed by atoms with E-state index in [-0.39, 0.29) is 11.0 Å². The van der Waals surface area contributed by atoms with Gasteiger partial charge in [0.1, 0.15) is 11.4 Å². The topological polar surface area (TPSA) is 87.7 Å². The van der Waals surface area contributed by atoms with Crippen LogP contribution in [0.4, 0.5) is 0 Å². The number of carbonyl (C=O) groups is 2. The number of carboxylic acids is 1. The van der Waals surface area contributed by atoms with Crippen LogP contribution in [0.25, 0.3) is 6.08 Å². The van der Waals surface area contributed by atoms with Crippen molar-refractivity contribution in [3.05, 3.63) is 30.5 Å². The Morgan fingerprint density at radius 2 is 1.95 bits per heavy atom. The molecular formula is C12H8I2N2O4S. The first-order valence-corrected chi connectivity index (χ1v) is 8.11. The quantitative estimate of drug-likeness (QED) is 0.313. The average Bonchev–Trinajstić information content (AvgIpc) is 2.66. The van der Waals surface area contributed by atoms with Crippen LogP contribution in [0.3, 0.4) is 0 Å². The lowest BCUT2D eigenvalue weighted by Gasteiger charge is -2.09. The molecule has 110 valence electrons. The zero-order chi connectivity index (χ0) is 15.6. The first-order chi connectivity index (χ1) is 9.86. The molecule has 0 unspecified atom stereocenters. The van der Waals surface area contributed by atoms with Crippen molar-refractivity contribution in [2.45, 2.75) is 0 Å². The number of nitrogens with one attached hydrogen (secondary N) is 2. The monoisotopic (exact) mass is 530 g/mol. The van der Waals surface area contributed by atoms with E-state index in [2.05, 4.69) is 55.8 Å². The third-order valence-corrected chi connectivity index (χ3v) is 4.20. The van der Waals surface area contributed by atoms with E-state index in [9.17, 15) is 9.59 Å². The van der Waals surface area contributed by atoms with Gasteiger partial charge in [-0.2, -0.15) is 0 Å². The molecule has 0 radical (unpaired) electrons. The second-order valence-corrected chi connectivity index (χ2v) is 6.69. The van der Waals surface area contributed by atoms with Gasteiger partial charge >= 0.3 is 5.97 Å². The molecule has 0 atom stereocenters. The van der Waals surface area contributed by atoms with Crippen LogP contribution in [0, 0.1) is 7.14 Å². The van der Waals surface area contributed by atoms with Crippen LogP contribution in [0.2, 0.25) is 0 Å². The Labute approximate surface area is 152 Å². The first kappa shape index (κ1) is 16.4. The molecule has 0 aromatic heterocycles. The summed E-state index contributed by atoms with van der Waals surface area (Å²) in [5.74, 6) is -0.801. The standard InChI is InChI=1S/C12H8I2N2O4S/c13-6-1-5(3-8-11(19)16-12(21)15-8)2-7(14)10(6)20-4-9(17)18/h1-3H,4H2,(H,17,18)(H2,15,16,19,21)/b8-3+. The van der Waals surface area contributed by atoms with Crippen molar-refractivity contribution in [2.75, 3.05) is 6.61 Å². The maximum Gasteiger partial charge on any atom is 0.341 e. The van der Waals surface area contributed by atoms with Gasteiger partial charge in [-0.3, -0.25) is 10.1 Å². The number of hydrogen-bond donors (Lipinski definition) is 3. The zero-order valence-electron chi connectivity index (χ0n) is 10.3. The van der Waals surface area contributed by atoms with Crippen LogP contribution in [-0.4, -0.2) is 28.7 Å². The molecule has 9 heteroatoms. The summed E-state index contributed by atoms with van der Waals surface area (Å²) in [4.78, 5) is 22.1. The molecule has 0 aliphatic carbocycles. The van der Waals surface area contributed by atoms with Crippen LogP contribution in [0.5, 0.6) is 5.75 Å². The molecule has 1 aromatic carbocycles. The van der Waals surface area contributed by atoms with Gasteiger partial charge in [0.15, 0.2) is 11.7 Å². The summed E-state index contributed by atoms with van der Waals surface area (Å²) in [5, 5.41) is 14.2. The number of aliphatic carboxylic acids is 1. The van der Waals surface area contributed by atoms with Gasteiger partial charge in [0.05, 0.1) is 7.14 Å². The van der Waals surface area contributed by atoms with E-state index in [4.69, 9.17) is 22.1 Å². The SMILES string of the molecule is O=C(O)COc1c(I)cc(/C=C2/NC(=S)NC2=O)cc1I. The highest BCUT2D eigenvalue weighted by Gasteiger charge is 2.20. The number of thiocarbonyl (C=S) groups is 1. The van der Waals surface area contributed by atoms with E-state index in [1.807, 2.05) is 0 Å². The molecule has 0 spiro atoms. The minimum absolute atomic E-state index is 0.275. The Morgan fingerprint density at radius 1 is 1.33 bits per heavy atom. The number of benzene rings is 1. The van der Waals surface area contributed by atoms with Gasteiger partial charge in [0.2, 0.25) is 0 Å².